The summed E-state index contributed by atoms with van der Waals surface area (Å²) in [6.07, 6.45) is 0.918. The number of pyridine rings is 1. The third kappa shape index (κ3) is 3.31. The van der Waals surface area contributed by atoms with Crippen molar-refractivity contribution < 1.29 is 19.7 Å². The number of aliphatic hydroxyl groups is 1. The normalized spacial score (nSPS) is 20.4. The molecule has 7 nitrogen and oxygen atoms in total. The standard InChI is InChI=1S/C17H25N5O2/c1-2-21-5-3-13-14(11-18)17(22-6-9-24-10-7-22)20-16(15(13)12-21)19-4-8-23/h23H,2-10,12H2,1H3,(H,19,20)/p+2. The largest absolute Gasteiger partial charge is 0.393 e. The second kappa shape index (κ2) is 7.79. The summed E-state index contributed by atoms with van der Waals surface area (Å²) in [5.74, 6) is 1.84. The molecule has 0 radical (unpaired) electrons. The van der Waals surface area contributed by atoms with Gasteiger partial charge >= 0.3 is 0 Å². The van der Waals surface area contributed by atoms with E-state index in [0.29, 0.717) is 19.8 Å². The molecule has 24 heavy (non-hydrogen) atoms. The summed E-state index contributed by atoms with van der Waals surface area (Å²) < 4.78 is 5.44. The second-order valence-electron chi connectivity index (χ2n) is 6.32. The third-order valence-electron chi connectivity index (χ3n) is 4.96. The lowest BCUT2D eigenvalue weighted by Gasteiger charge is -2.29. The highest BCUT2D eigenvalue weighted by Crippen LogP contribution is 2.27. The topological polar surface area (TPSA) is 87.1 Å². The van der Waals surface area contributed by atoms with Gasteiger partial charge in [0.05, 0.1) is 58.1 Å². The molecular formula is C17H27N5O2+2. The van der Waals surface area contributed by atoms with Gasteiger partial charge in [0, 0.05) is 6.42 Å². The fraction of sp³-hybridized carbons (Fsp3) is 0.647. The smallest absolute Gasteiger partial charge is 0.240 e. The van der Waals surface area contributed by atoms with Crippen molar-refractivity contribution in [2.24, 2.45) is 0 Å². The summed E-state index contributed by atoms with van der Waals surface area (Å²) in [6, 6.07) is 2.44. The van der Waals surface area contributed by atoms with Crippen LogP contribution < -0.4 is 20.1 Å². The maximum absolute atomic E-state index is 9.80. The quantitative estimate of drug-likeness (QED) is 0.615. The zero-order valence-corrected chi connectivity index (χ0v) is 14.3. The summed E-state index contributed by atoms with van der Waals surface area (Å²) in [5.41, 5.74) is 3.13. The van der Waals surface area contributed by atoms with Crippen LogP contribution in [-0.4, -0.2) is 57.7 Å². The molecule has 1 fully saturated rings. The number of nitrogens with one attached hydrogen (secondary N) is 3. The van der Waals surface area contributed by atoms with Crippen LogP contribution in [0.2, 0.25) is 0 Å². The number of H-pyrrole nitrogens is 1. The number of nitrogens with zero attached hydrogens (tertiary/aromatic N) is 2. The Morgan fingerprint density at radius 2 is 2.17 bits per heavy atom. The number of anilines is 2. The monoisotopic (exact) mass is 333 g/mol. The van der Waals surface area contributed by atoms with Gasteiger partial charge in [-0.15, -0.1) is 0 Å². The van der Waals surface area contributed by atoms with E-state index < -0.39 is 0 Å². The van der Waals surface area contributed by atoms with Gasteiger partial charge in [0.2, 0.25) is 11.6 Å². The minimum Gasteiger partial charge on any atom is -0.393 e. The van der Waals surface area contributed by atoms with Gasteiger partial charge in [-0.2, -0.15) is 5.26 Å². The summed E-state index contributed by atoms with van der Waals surface area (Å²) in [6.45, 7) is 8.76. The van der Waals surface area contributed by atoms with E-state index in [1.807, 2.05) is 0 Å². The van der Waals surface area contributed by atoms with Gasteiger partial charge in [-0.1, -0.05) is 0 Å². The molecule has 2 aliphatic rings. The predicted molar refractivity (Wildman–Crippen MR) is 90.1 cm³/mol. The van der Waals surface area contributed by atoms with Crippen molar-refractivity contribution >= 4 is 11.6 Å². The van der Waals surface area contributed by atoms with E-state index in [4.69, 9.17) is 4.74 Å². The molecule has 0 spiro atoms. The van der Waals surface area contributed by atoms with Crippen LogP contribution in [0.25, 0.3) is 0 Å². The first-order chi connectivity index (χ1) is 11.8. The Balaban J connectivity index is 2.05. The lowest BCUT2D eigenvalue weighted by atomic mass is 9.95. The molecule has 3 rings (SSSR count). The van der Waals surface area contributed by atoms with Crippen molar-refractivity contribution in [3.8, 4) is 6.07 Å². The molecule has 0 bridgehead atoms. The SMILES string of the molecule is CC[NH+]1CCc2c(C#N)c(N3CCOCC3)[nH+]c(NCCO)c2C1. The number of rotatable bonds is 5. The van der Waals surface area contributed by atoms with Gasteiger partial charge in [0.1, 0.15) is 18.2 Å². The summed E-state index contributed by atoms with van der Waals surface area (Å²) in [5, 5.41) is 22.3. The van der Waals surface area contributed by atoms with Gasteiger partial charge in [0.15, 0.2) is 0 Å². The minimum atomic E-state index is 0.0832. The van der Waals surface area contributed by atoms with Crippen molar-refractivity contribution in [1.82, 2.24) is 0 Å². The molecule has 1 saturated heterocycles. The number of nitriles is 1. The highest BCUT2D eigenvalue weighted by atomic mass is 16.5. The zero-order chi connectivity index (χ0) is 16.9. The highest BCUT2D eigenvalue weighted by molar-refractivity contribution is 5.61. The fourth-order valence-corrected chi connectivity index (χ4v) is 3.59. The predicted octanol–water partition coefficient (Wildman–Crippen LogP) is -1.43. The molecule has 0 saturated carbocycles. The molecule has 2 aliphatic heterocycles. The first-order valence-corrected chi connectivity index (χ1v) is 8.80. The van der Waals surface area contributed by atoms with Crippen LogP contribution >= 0.6 is 0 Å². The number of aromatic nitrogens is 1. The van der Waals surface area contributed by atoms with E-state index in [9.17, 15) is 10.4 Å². The molecule has 7 heteroatoms. The minimum absolute atomic E-state index is 0.0832. The number of aliphatic hydroxyl groups excluding tert-OH is 1. The van der Waals surface area contributed by atoms with Gasteiger partial charge in [-0.3, -0.25) is 4.90 Å². The number of quaternary nitrogens is 1. The van der Waals surface area contributed by atoms with Gasteiger partial charge < -0.3 is 20.1 Å². The van der Waals surface area contributed by atoms with Crippen molar-refractivity contribution in [3.63, 3.8) is 0 Å². The molecule has 0 aromatic carbocycles. The molecule has 4 N–H and O–H groups in total. The fourth-order valence-electron chi connectivity index (χ4n) is 3.59. The third-order valence-corrected chi connectivity index (χ3v) is 4.96. The molecule has 0 amide bonds. The first kappa shape index (κ1) is 17.0. The van der Waals surface area contributed by atoms with E-state index in [-0.39, 0.29) is 6.61 Å². The zero-order valence-electron chi connectivity index (χ0n) is 14.3. The lowest BCUT2D eigenvalue weighted by Crippen LogP contribution is -3.11. The Morgan fingerprint density at radius 3 is 2.83 bits per heavy atom. The maximum atomic E-state index is 9.80. The average Bonchev–Trinajstić information content (AvgIpc) is 2.65. The molecule has 1 unspecified atom stereocenters. The van der Waals surface area contributed by atoms with Crippen LogP contribution in [0.5, 0.6) is 0 Å². The Morgan fingerprint density at radius 1 is 1.38 bits per heavy atom. The molecule has 3 heterocycles. The molecule has 0 aliphatic carbocycles. The summed E-state index contributed by atoms with van der Waals surface area (Å²) in [4.78, 5) is 7.17. The van der Waals surface area contributed by atoms with Crippen LogP contribution in [0.1, 0.15) is 23.6 Å². The number of fused-ring (bicyclic) bond motifs is 1. The Labute approximate surface area is 142 Å². The molecule has 1 aromatic heterocycles. The van der Waals surface area contributed by atoms with Crippen LogP contribution in [0, 0.1) is 11.3 Å². The Hall–Kier alpha value is -1.88. The molecule has 1 atom stereocenters. The summed E-state index contributed by atoms with van der Waals surface area (Å²) >= 11 is 0. The lowest BCUT2D eigenvalue weighted by molar-refractivity contribution is -0.914. The number of morpholine rings is 1. The Bertz CT molecular complexity index is 622. The molecule has 1 aromatic rings. The van der Waals surface area contributed by atoms with E-state index in [0.717, 1.165) is 61.9 Å². The number of hydrogen-bond acceptors (Lipinski definition) is 5. The number of hydrogen-bond donors (Lipinski definition) is 3. The maximum Gasteiger partial charge on any atom is 0.240 e. The molecular weight excluding hydrogens is 306 g/mol. The van der Waals surface area contributed by atoms with E-state index >= 15 is 0 Å². The van der Waals surface area contributed by atoms with E-state index in [2.05, 4.69) is 28.2 Å². The Kier molecular flexibility index (Phi) is 5.51. The van der Waals surface area contributed by atoms with Crippen LogP contribution in [-0.2, 0) is 17.7 Å². The van der Waals surface area contributed by atoms with E-state index in [1.54, 1.807) is 0 Å². The van der Waals surface area contributed by atoms with Gasteiger partial charge in [-0.05, 0) is 12.5 Å². The van der Waals surface area contributed by atoms with E-state index in [1.165, 1.54) is 10.5 Å². The van der Waals surface area contributed by atoms with Crippen molar-refractivity contribution in [1.29, 1.82) is 5.26 Å². The number of likely N-dealkylation sites (N-methyl/N-ethyl adjacent to an activating group) is 1. The average molecular weight is 333 g/mol. The van der Waals surface area contributed by atoms with Crippen LogP contribution in [0.15, 0.2) is 0 Å². The first-order valence-electron chi connectivity index (χ1n) is 8.80. The highest BCUT2D eigenvalue weighted by Gasteiger charge is 2.32. The van der Waals surface area contributed by atoms with Crippen LogP contribution in [0.4, 0.5) is 11.6 Å². The van der Waals surface area contributed by atoms with Crippen molar-refractivity contribution in [3.05, 3.63) is 16.7 Å². The van der Waals surface area contributed by atoms with Gasteiger partial charge in [0.25, 0.3) is 0 Å². The second-order valence-corrected chi connectivity index (χ2v) is 6.32. The number of aromatic amines is 1. The van der Waals surface area contributed by atoms with Crippen LogP contribution in [0.3, 0.4) is 0 Å². The van der Waals surface area contributed by atoms with Crippen molar-refractivity contribution in [2.75, 3.05) is 62.8 Å². The number of ether oxygens (including phenoxy) is 1. The van der Waals surface area contributed by atoms with Crippen molar-refractivity contribution in [2.45, 2.75) is 19.9 Å². The molecule has 130 valence electrons. The van der Waals surface area contributed by atoms with Gasteiger partial charge in [-0.25, -0.2) is 4.98 Å². The summed E-state index contributed by atoms with van der Waals surface area (Å²) in [7, 11) is 0.